The fourth-order valence-electron chi connectivity index (χ4n) is 2.32. The van der Waals surface area contributed by atoms with Crippen LogP contribution in [0, 0.1) is 6.92 Å². The molecule has 0 fully saturated rings. The Morgan fingerprint density at radius 3 is 2.15 bits per heavy atom. The first kappa shape index (κ1) is 23.0. The van der Waals surface area contributed by atoms with Crippen molar-refractivity contribution in [3.63, 3.8) is 0 Å². The standard InChI is InChI=1S/C13H19INO3P.C7H8/c1-11(12-6-4-3-5-7-12)15(8-9-18-19-14)10-13(16)17-2;1-7-5-3-2-4-6-7/h3-7,11,19H,8-10H2,1-2H3;2-6H,1H3. The van der Waals surface area contributed by atoms with Gasteiger partial charge in [0.2, 0.25) is 0 Å². The Bertz CT molecular complexity index is 613. The summed E-state index contributed by atoms with van der Waals surface area (Å²) < 4.78 is 10.1. The minimum atomic E-state index is -0.222. The summed E-state index contributed by atoms with van der Waals surface area (Å²) in [6, 6.07) is 20.5. The van der Waals surface area contributed by atoms with E-state index in [1.54, 1.807) is 0 Å². The molecule has 2 aromatic carbocycles. The van der Waals surface area contributed by atoms with Gasteiger partial charge in [-0.2, -0.15) is 0 Å². The zero-order valence-corrected chi connectivity index (χ0v) is 18.7. The van der Waals surface area contributed by atoms with Crippen LogP contribution in [-0.4, -0.2) is 37.7 Å². The summed E-state index contributed by atoms with van der Waals surface area (Å²) in [7, 11) is 1.41. The second kappa shape index (κ2) is 14.1. The molecule has 0 bridgehead atoms. The van der Waals surface area contributed by atoms with Crippen LogP contribution < -0.4 is 0 Å². The van der Waals surface area contributed by atoms with Gasteiger partial charge in [-0.25, -0.2) is 0 Å². The number of aryl methyl sites for hydroxylation is 1. The highest BCUT2D eigenvalue weighted by Gasteiger charge is 2.18. The second-order valence-electron chi connectivity index (χ2n) is 5.71. The smallest absolute Gasteiger partial charge is 0.319 e. The van der Waals surface area contributed by atoms with E-state index in [0.29, 0.717) is 19.6 Å². The highest BCUT2D eigenvalue weighted by Crippen LogP contribution is 2.23. The number of benzene rings is 2. The predicted octanol–water partition coefficient (Wildman–Crippen LogP) is 5.18. The molecule has 2 aromatic rings. The van der Waals surface area contributed by atoms with Gasteiger partial charge in [-0.3, -0.25) is 9.69 Å². The minimum absolute atomic E-state index is 0.154. The van der Waals surface area contributed by atoms with Gasteiger partial charge < -0.3 is 9.26 Å². The second-order valence-corrected chi connectivity index (χ2v) is 7.48. The summed E-state index contributed by atoms with van der Waals surface area (Å²) in [4.78, 5) is 13.6. The van der Waals surface area contributed by atoms with E-state index >= 15 is 0 Å². The average molecular weight is 487 g/mol. The molecule has 2 unspecified atom stereocenters. The van der Waals surface area contributed by atoms with E-state index in [1.165, 1.54) is 18.2 Å². The lowest BCUT2D eigenvalue weighted by Gasteiger charge is -2.28. The lowest BCUT2D eigenvalue weighted by Crippen LogP contribution is -2.35. The van der Waals surface area contributed by atoms with Crippen LogP contribution in [0.1, 0.15) is 24.1 Å². The summed E-state index contributed by atoms with van der Waals surface area (Å²) in [6.07, 6.45) is 0. The molecule has 2 rings (SSSR count). The Balaban J connectivity index is 0.000000401. The van der Waals surface area contributed by atoms with E-state index in [1.807, 2.05) is 36.4 Å². The Morgan fingerprint density at radius 2 is 1.69 bits per heavy atom. The number of carbonyl (C=O) groups is 1. The number of methoxy groups -OCH3 is 1. The van der Waals surface area contributed by atoms with Crippen LogP contribution in [0.25, 0.3) is 0 Å². The van der Waals surface area contributed by atoms with Crippen LogP contribution in [0.15, 0.2) is 60.7 Å². The molecule has 0 amide bonds. The van der Waals surface area contributed by atoms with Gasteiger partial charge in [-0.15, -0.1) is 0 Å². The molecule has 0 aliphatic carbocycles. The highest BCUT2D eigenvalue weighted by molar-refractivity contribution is 14.2. The number of carbonyl (C=O) groups excluding carboxylic acids is 1. The van der Waals surface area contributed by atoms with E-state index in [4.69, 9.17) is 9.26 Å². The molecule has 0 spiro atoms. The van der Waals surface area contributed by atoms with Gasteiger partial charge in [0.05, 0.1) is 26.7 Å². The number of esters is 1. The van der Waals surface area contributed by atoms with Gasteiger partial charge in [-0.05, 0) is 41.5 Å². The third-order valence-electron chi connectivity index (χ3n) is 3.87. The van der Waals surface area contributed by atoms with Crippen molar-refractivity contribution in [3.8, 4) is 0 Å². The summed E-state index contributed by atoms with van der Waals surface area (Å²) in [5, 5.41) is 0. The fourth-order valence-corrected chi connectivity index (χ4v) is 3.15. The zero-order chi connectivity index (χ0) is 19.2. The summed E-state index contributed by atoms with van der Waals surface area (Å²) in [5.74, 6) is -0.222. The zero-order valence-electron chi connectivity index (χ0n) is 15.5. The number of nitrogens with zero attached hydrogens (tertiary/aromatic N) is 1. The third-order valence-corrected chi connectivity index (χ3v) is 5.11. The van der Waals surface area contributed by atoms with Crippen molar-refractivity contribution in [1.82, 2.24) is 4.90 Å². The maximum Gasteiger partial charge on any atom is 0.319 e. The number of rotatable bonds is 8. The molecule has 0 heterocycles. The van der Waals surface area contributed by atoms with Gasteiger partial charge in [0.15, 0.2) is 0 Å². The highest BCUT2D eigenvalue weighted by atomic mass is 127. The number of hydrogen-bond donors (Lipinski definition) is 0. The van der Waals surface area contributed by atoms with Crippen molar-refractivity contribution in [2.75, 3.05) is 26.8 Å². The molecule has 0 aromatic heterocycles. The van der Waals surface area contributed by atoms with Crippen molar-refractivity contribution in [1.29, 1.82) is 0 Å². The number of halogens is 1. The first-order valence-corrected chi connectivity index (χ1v) is 12.5. The molecule has 0 saturated carbocycles. The summed E-state index contributed by atoms with van der Waals surface area (Å²) in [5.41, 5.74) is 2.51. The lowest BCUT2D eigenvalue weighted by atomic mass is 10.1. The Morgan fingerprint density at radius 1 is 1.12 bits per heavy atom. The van der Waals surface area contributed by atoms with Gasteiger partial charge in [0.25, 0.3) is 0 Å². The van der Waals surface area contributed by atoms with Gasteiger partial charge >= 0.3 is 5.97 Å². The van der Waals surface area contributed by atoms with Crippen molar-refractivity contribution in [3.05, 3.63) is 71.8 Å². The maximum absolute atomic E-state index is 11.5. The van der Waals surface area contributed by atoms with Crippen molar-refractivity contribution in [2.45, 2.75) is 19.9 Å². The molecule has 2 atom stereocenters. The Labute approximate surface area is 171 Å². The molecule has 4 nitrogen and oxygen atoms in total. The topological polar surface area (TPSA) is 38.8 Å². The molecule has 0 saturated heterocycles. The molecule has 6 heteroatoms. The number of hydrogen-bond acceptors (Lipinski definition) is 4. The van der Waals surface area contributed by atoms with Crippen LogP contribution in [0.3, 0.4) is 0 Å². The van der Waals surface area contributed by atoms with E-state index in [2.05, 4.69) is 65.1 Å². The lowest BCUT2D eigenvalue weighted by molar-refractivity contribution is -0.142. The molecule has 142 valence electrons. The molecular formula is C20H27INO3P. The van der Waals surface area contributed by atoms with Crippen LogP contribution >= 0.6 is 28.5 Å². The van der Waals surface area contributed by atoms with E-state index in [-0.39, 0.29) is 18.6 Å². The first-order chi connectivity index (χ1) is 12.6. The van der Waals surface area contributed by atoms with Crippen molar-refractivity contribution in [2.24, 2.45) is 0 Å². The largest absolute Gasteiger partial charge is 0.468 e. The summed E-state index contributed by atoms with van der Waals surface area (Å²) >= 11 is 2.19. The Hall–Kier alpha value is -1.01. The molecule has 26 heavy (non-hydrogen) atoms. The van der Waals surface area contributed by atoms with Gasteiger partial charge in [-0.1, -0.05) is 66.2 Å². The molecule has 0 N–H and O–H groups in total. The maximum atomic E-state index is 11.5. The van der Waals surface area contributed by atoms with E-state index in [9.17, 15) is 4.79 Å². The average Bonchev–Trinajstić information content (AvgIpc) is 2.68. The van der Waals surface area contributed by atoms with E-state index in [0.717, 1.165) is 0 Å². The number of ether oxygens (including phenoxy) is 1. The molecule has 0 aliphatic heterocycles. The third kappa shape index (κ3) is 9.62. The monoisotopic (exact) mass is 487 g/mol. The molecule has 0 aliphatic rings. The van der Waals surface area contributed by atoms with Crippen LogP contribution in [0.4, 0.5) is 0 Å². The van der Waals surface area contributed by atoms with Crippen LogP contribution in [0.2, 0.25) is 0 Å². The van der Waals surface area contributed by atoms with Crippen molar-refractivity contribution < 1.29 is 14.1 Å². The van der Waals surface area contributed by atoms with Crippen LogP contribution in [0.5, 0.6) is 0 Å². The van der Waals surface area contributed by atoms with Crippen molar-refractivity contribution >= 4 is 34.5 Å². The molecular weight excluding hydrogens is 460 g/mol. The quantitative estimate of drug-likeness (QED) is 0.223. The normalized spacial score (nSPS) is 11.9. The molecule has 0 radical (unpaired) electrons. The minimum Gasteiger partial charge on any atom is -0.468 e. The van der Waals surface area contributed by atoms with Gasteiger partial charge in [0, 0.05) is 12.6 Å². The van der Waals surface area contributed by atoms with Gasteiger partial charge in [0.1, 0.15) is 0 Å². The Kier molecular flexibility index (Phi) is 12.5. The van der Waals surface area contributed by atoms with E-state index < -0.39 is 0 Å². The predicted molar refractivity (Wildman–Crippen MR) is 118 cm³/mol. The SMILES string of the molecule is COC(=O)CN(CCOPI)C(C)c1ccccc1.Cc1ccccc1. The fraction of sp³-hybridized carbons (Fsp3) is 0.350. The first-order valence-electron chi connectivity index (χ1n) is 8.43. The summed E-state index contributed by atoms with van der Waals surface area (Å²) in [6.45, 7) is 6.22. The van der Waals surface area contributed by atoms with Crippen LogP contribution in [-0.2, 0) is 14.1 Å².